The van der Waals surface area contributed by atoms with Gasteiger partial charge in [0.25, 0.3) is 0 Å². The fourth-order valence-electron chi connectivity index (χ4n) is 3.38. The zero-order chi connectivity index (χ0) is 24.4. The van der Waals surface area contributed by atoms with Crippen molar-refractivity contribution in [3.8, 4) is 17.1 Å². The number of carbonyl (C=O) groups excluding carboxylic acids is 1. The van der Waals surface area contributed by atoms with Gasteiger partial charge in [-0.3, -0.25) is 9.36 Å². The highest BCUT2D eigenvalue weighted by Crippen LogP contribution is 2.35. The monoisotopic (exact) mass is 530 g/mol. The summed E-state index contributed by atoms with van der Waals surface area (Å²) in [5.41, 5.74) is 4.32. The lowest BCUT2D eigenvalue weighted by Crippen LogP contribution is -2.23. The van der Waals surface area contributed by atoms with Crippen LogP contribution in [0.5, 0.6) is 0 Å². The van der Waals surface area contributed by atoms with Crippen molar-refractivity contribution >= 4 is 58.2 Å². The number of aromatic nitrogens is 3. The number of halogens is 3. The van der Waals surface area contributed by atoms with Gasteiger partial charge in [-0.2, -0.15) is 0 Å². The first-order valence-electron chi connectivity index (χ1n) is 10.4. The van der Waals surface area contributed by atoms with Crippen molar-refractivity contribution in [1.29, 1.82) is 0 Å². The van der Waals surface area contributed by atoms with Crippen molar-refractivity contribution < 1.29 is 4.79 Å². The molecule has 174 valence electrons. The predicted molar refractivity (Wildman–Crippen MR) is 142 cm³/mol. The molecule has 4 rings (SSSR count). The maximum Gasteiger partial charge on any atom is 0.237 e. The second-order valence-electron chi connectivity index (χ2n) is 7.78. The van der Waals surface area contributed by atoms with E-state index in [1.54, 1.807) is 25.1 Å². The van der Waals surface area contributed by atoms with Gasteiger partial charge in [-0.15, -0.1) is 10.2 Å². The molecule has 0 bridgehead atoms. The molecule has 0 radical (unpaired) electrons. The number of nitrogens with zero attached hydrogens (tertiary/aromatic N) is 3. The van der Waals surface area contributed by atoms with Gasteiger partial charge in [0.1, 0.15) is 0 Å². The van der Waals surface area contributed by atoms with E-state index >= 15 is 0 Å². The van der Waals surface area contributed by atoms with Gasteiger partial charge in [-0.25, -0.2) is 0 Å². The van der Waals surface area contributed by atoms with Crippen LogP contribution >= 0.6 is 46.6 Å². The first kappa shape index (κ1) is 24.6. The van der Waals surface area contributed by atoms with Gasteiger partial charge in [-0.05, 0) is 68.3 Å². The van der Waals surface area contributed by atoms with E-state index in [0.29, 0.717) is 31.7 Å². The number of anilines is 1. The Morgan fingerprint density at radius 1 is 0.971 bits per heavy atom. The molecular formula is C25H21Cl3N4OS. The molecule has 0 saturated heterocycles. The normalized spacial score (nSPS) is 11.9. The van der Waals surface area contributed by atoms with E-state index in [1.165, 1.54) is 11.8 Å². The smallest absolute Gasteiger partial charge is 0.237 e. The average molecular weight is 532 g/mol. The van der Waals surface area contributed by atoms with Crippen molar-refractivity contribution in [2.45, 2.75) is 31.2 Å². The van der Waals surface area contributed by atoms with Crippen molar-refractivity contribution in [2.24, 2.45) is 0 Å². The van der Waals surface area contributed by atoms with Gasteiger partial charge in [-0.1, -0.05) is 70.8 Å². The summed E-state index contributed by atoms with van der Waals surface area (Å²) in [6.07, 6.45) is 0. The van der Waals surface area contributed by atoms with E-state index in [4.69, 9.17) is 34.8 Å². The highest BCUT2D eigenvalue weighted by Gasteiger charge is 2.24. The molecule has 0 aliphatic carbocycles. The molecule has 1 N–H and O–H groups in total. The van der Waals surface area contributed by atoms with Crippen molar-refractivity contribution in [2.75, 3.05) is 5.32 Å². The van der Waals surface area contributed by atoms with Crippen LogP contribution in [0, 0.1) is 13.8 Å². The largest absolute Gasteiger partial charge is 0.324 e. The number of nitrogens with one attached hydrogen (secondary N) is 1. The Morgan fingerprint density at radius 3 is 2.47 bits per heavy atom. The summed E-state index contributed by atoms with van der Waals surface area (Å²) >= 11 is 20.0. The Bertz CT molecular complexity index is 1370. The van der Waals surface area contributed by atoms with E-state index in [0.717, 1.165) is 22.4 Å². The fraction of sp³-hybridized carbons (Fsp3) is 0.160. The van der Waals surface area contributed by atoms with Crippen molar-refractivity contribution in [3.63, 3.8) is 0 Å². The van der Waals surface area contributed by atoms with Gasteiger partial charge in [0, 0.05) is 10.6 Å². The maximum absolute atomic E-state index is 13.0. The minimum Gasteiger partial charge on any atom is -0.324 e. The number of amides is 1. The van der Waals surface area contributed by atoms with E-state index in [2.05, 4.69) is 27.6 Å². The molecule has 1 atom stereocenters. The standard InChI is InChI=1S/C25H21Cl3N4OS/c1-14-8-9-15(2)22(12-14)32-23(18-6-4-5-7-19(18)27)30-31-25(32)34-16(3)24(33)29-21-11-10-17(26)13-20(21)28/h4-13,16H,1-3H3,(H,29,33). The number of rotatable bonds is 6. The average Bonchev–Trinajstić information content (AvgIpc) is 3.20. The zero-order valence-electron chi connectivity index (χ0n) is 18.6. The summed E-state index contributed by atoms with van der Waals surface area (Å²) in [6.45, 7) is 5.86. The lowest BCUT2D eigenvalue weighted by atomic mass is 10.1. The Kier molecular flexibility index (Phi) is 7.53. The van der Waals surface area contributed by atoms with E-state index in [-0.39, 0.29) is 5.91 Å². The fourth-order valence-corrected chi connectivity index (χ4v) is 4.91. The lowest BCUT2D eigenvalue weighted by molar-refractivity contribution is -0.115. The number of hydrogen-bond acceptors (Lipinski definition) is 4. The molecule has 4 aromatic rings. The third-order valence-corrected chi connectivity index (χ3v) is 7.11. The minimum atomic E-state index is -0.487. The van der Waals surface area contributed by atoms with Crippen LogP contribution in [0.25, 0.3) is 17.1 Å². The molecule has 0 aliphatic rings. The summed E-state index contributed by atoms with van der Waals surface area (Å²) in [6, 6.07) is 18.6. The lowest BCUT2D eigenvalue weighted by Gasteiger charge is -2.16. The van der Waals surface area contributed by atoms with Crippen molar-refractivity contribution in [3.05, 3.63) is 86.9 Å². The minimum absolute atomic E-state index is 0.218. The van der Waals surface area contributed by atoms with Crippen LogP contribution in [0.15, 0.2) is 65.8 Å². The molecule has 1 heterocycles. The molecule has 3 aromatic carbocycles. The van der Waals surface area contributed by atoms with Crippen LogP contribution < -0.4 is 5.32 Å². The Labute approximate surface area is 217 Å². The van der Waals surface area contributed by atoms with Gasteiger partial charge in [0.2, 0.25) is 5.91 Å². The summed E-state index contributed by atoms with van der Waals surface area (Å²) in [5.74, 6) is 0.388. The number of hydrogen-bond donors (Lipinski definition) is 1. The summed E-state index contributed by atoms with van der Waals surface area (Å²) in [5, 5.41) is 13.3. The van der Waals surface area contributed by atoms with E-state index in [9.17, 15) is 4.79 Å². The third-order valence-electron chi connectivity index (χ3n) is 5.19. The number of thioether (sulfide) groups is 1. The van der Waals surface area contributed by atoms with Gasteiger partial charge in [0.05, 0.1) is 26.7 Å². The molecular weight excluding hydrogens is 511 g/mol. The number of benzene rings is 3. The first-order chi connectivity index (χ1) is 16.2. The topological polar surface area (TPSA) is 59.8 Å². The third kappa shape index (κ3) is 5.26. The second kappa shape index (κ2) is 10.4. The highest BCUT2D eigenvalue weighted by atomic mass is 35.5. The molecule has 1 unspecified atom stereocenters. The Balaban J connectivity index is 1.71. The van der Waals surface area contributed by atoms with E-state index < -0.39 is 5.25 Å². The maximum atomic E-state index is 13.0. The molecule has 9 heteroatoms. The quantitative estimate of drug-likeness (QED) is 0.260. The second-order valence-corrected chi connectivity index (χ2v) is 10.3. The Hall–Kier alpha value is -2.51. The van der Waals surface area contributed by atoms with Crippen LogP contribution in [0.4, 0.5) is 5.69 Å². The zero-order valence-corrected chi connectivity index (χ0v) is 21.7. The number of carbonyl (C=O) groups is 1. The summed E-state index contributed by atoms with van der Waals surface area (Å²) in [7, 11) is 0. The SMILES string of the molecule is Cc1ccc(C)c(-n2c(SC(C)C(=O)Nc3ccc(Cl)cc3Cl)nnc2-c2ccccc2Cl)c1. The molecule has 0 aliphatic heterocycles. The predicted octanol–water partition coefficient (Wildman–Crippen LogP) is 7.63. The van der Waals surface area contributed by atoms with Crippen LogP contribution in [0.1, 0.15) is 18.1 Å². The van der Waals surface area contributed by atoms with Crippen LogP contribution in [0.2, 0.25) is 15.1 Å². The van der Waals surface area contributed by atoms with Crippen molar-refractivity contribution in [1.82, 2.24) is 14.8 Å². The van der Waals surface area contributed by atoms with Gasteiger partial charge < -0.3 is 5.32 Å². The molecule has 0 spiro atoms. The molecule has 5 nitrogen and oxygen atoms in total. The molecule has 34 heavy (non-hydrogen) atoms. The van der Waals surface area contributed by atoms with Gasteiger partial charge in [0.15, 0.2) is 11.0 Å². The summed E-state index contributed by atoms with van der Waals surface area (Å²) < 4.78 is 1.95. The van der Waals surface area contributed by atoms with Crippen LogP contribution in [-0.2, 0) is 4.79 Å². The molecule has 0 saturated carbocycles. The van der Waals surface area contributed by atoms with Crippen LogP contribution in [-0.4, -0.2) is 25.9 Å². The van der Waals surface area contributed by atoms with Crippen LogP contribution in [0.3, 0.4) is 0 Å². The highest BCUT2D eigenvalue weighted by molar-refractivity contribution is 8.00. The van der Waals surface area contributed by atoms with Gasteiger partial charge >= 0.3 is 0 Å². The summed E-state index contributed by atoms with van der Waals surface area (Å²) in [4.78, 5) is 13.0. The van der Waals surface area contributed by atoms with E-state index in [1.807, 2.05) is 48.7 Å². The molecule has 0 fully saturated rings. The molecule has 1 aromatic heterocycles. The number of aryl methyl sites for hydroxylation is 2. The molecule has 1 amide bonds. The Morgan fingerprint density at radius 2 is 1.74 bits per heavy atom. The first-order valence-corrected chi connectivity index (χ1v) is 12.5.